The van der Waals surface area contributed by atoms with Crippen LogP contribution >= 0.6 is 11.8 Å². The van der Waals surface area contributed by atoms with Gasteiger partial charge >= 0.3 is 0 Å². The molecule has 4 aromatic rings. The largest absolute Gasteiger partial charge is 0.339 e. The van der Waals surface area contributed by atoms with Crippen molar-refractivity contribution in [3.8, 4) is 17.1 Å². The maximum absolute atomic E-state index is 13.0. The lowest BCUT2D eigenvalue weighted by Crippen LogP contribution is -2.55. The van der Waals surface area contributed by atoms with Crippen LogP contribution in [0.25, 0.3) is 17.1 Å². The first-order valence-corrected chi connectivity index (χ1v) is 15.3. The number of piperazine rings is 1. The third-order valence-electron chi connectivity index (χ3n) is 7.52. The van der Waals surface area contributed by atoms with Gasteiger partial charge in [0.2, 0.25) is 5.91 Å². The Labute approximate surface area is 254 Å². The van der Waals surface area contributed by atoms with Crippen LogP contribution in [-0.2, 0) is 4.79 Å². The quantitative estimate of drug-likeness (QED) is 0.0983. The molecule has 1 saturated heterocycles. The number of unbranched alkanes of at least 4 members (excludes halogenated alkanes) is 1. The zero-order valence-electron chi connectivity index (χ0n) is 24.3. The van der Waals surface area contributed by atoms with Crippen LogP contribution in [0.4, 0.5) is 5.69 Å². The number of benzene rings is 3. The summed E-state index contributed by atoms with van der Waals surface area (Å²) in [7, 11) is 0. The monoisotopic (exact) mass is 598 g/mol. The molecule has 2 heterocycles. The highest BCUT2D eigenvalue weighted by molar-refractivity contribution is 7.99. The molecule has 3 aromatic carbocycles. The van der Waals surface area contributed by atoms with Gasteiger partial charge in [-0.15, -0.1) is 10.2 Å². The molecule has 1 fully saturated rings. The number of carbonyl (C=O) groups excluding carboxylic acids is 2. The number of carbonyl (C=O) groups is 2. The van der Waals surface area contributed by atoms with Crippen molar-refractivity contribution in [1.82, 2.24) is 24.6 Å². The van der Waals surface area contributed by atoms with Gasteiger partial charge in [-0.05, 0) is 44.9 Å². The molecule has 10 nitrogen and oxygen atoms in total. The topological polar surface area (TPSA) is 114 Å². The number of hydrogen-bond acceptors (Lipinski definition) is 7. The Balaban J connectivity index is 1.13. The Hall–Kier alpha value is -4.51. The highest BCUT2D eigenvalue weighted by Crippen LogP contribution is 2.29. The summed E-state index contributed by atoms with van der Waals surface area (Å²) in [6.07, 6.45) is 2.03. The molecule has 0 bridgehead atoms. The fourth-order valence-corrected chi connectivity index (χ4v) is 6.12. The zero-order valence-corrected chi connectivity index (χ0v) is 25.1. The lowest BCUT2D eigenvalue weighted by molar-refractivity contribution is -0.384. The van der Waals surface area contributed by atoms with E-state index in [9.17, 15) is 19.7 Å². The predicted octanol–water partition coefficient (Wildman–Crippen LogP) is 5.79. The standard InChI is InChI=1S/C32H34N6O4S/c1-23-14-16-27(17-15-23)37-30(25-9-4-3-5-10-25)33-34-32(37)43-20-7-6-13-29(39)35-18-19-36(24(2)22-35)31(40)26-11-8-12-28(21-26)38(41)42/h3-5,8-12,14-17,21,24H,6-7,13,18-20,22H2,1-2H3. The number of nitro benzene ring substituents is 1. The van der Waals surface area contributed by atoms with Crippen LogP contribution in [0, 0.1) is 17.0 Å². The van der Waals surface area contributed by atoms with Gasteiger partial charge in [-0.25, -0.2) is 0 Å². The molecule has 1 aliphatic rings. The Morgan fingerprint density at radius 1 is 0.977 bits per heavy atom. The van der Waals surface area contributed by atoms with E-state index in [-0.39, 0.29) is 29.1 Å². The Bertz CT molecular complexity index is 1590. The van der Waals surface area contributed by atoms with Crippen LogP contribution in [-0.4, -0.2) is 72.7 Å². The lowest BCUT2D eigenvalue weighted by atomic mass is 10.1. The number of hydrogen-bond donors (Lipinski definition) is 0. The van der Waals surface area contributed by atoms with Gasteiger partial charge in [0, 0.05) is 66.8 Å². The summed E-state index contributed by atoms with van der Waals surface area (Å²) in [5.74, 6) is 1.41. The number of nitro groups is 1. The van der Waals surface area contributed by atoms with Gasteiger partial charge < -0.3 is 9.80 Å². The number of aromatic nitrogens is 3. The summed E-state index contributed by atoms with van der Waals surface area (Å²) >= 11 is 1.63. The van der Waals surface area contributed by atoms with Crippen molar-refractivity contribution in [3.05, 3.63) is 100 Å². The molecule has 1 aliphatic heterocycles. The van der Waals surface area contributed by atoms with E-state index in [1.165, 1.54) is 23.8 Å². The van der Waals surface area contributed by atoms with Crippen molar-refractivity contribution in [2.75, 3.05) is 25.4 Å². The molecule has 0 radical (unpaired) electrons. The fourth-order valence-electron chi connectivity index (χ4n) is 5.17. The number of amides is 2. The minimum Gasteiger partial charge on any atom is -0.339 e. The van der Waals surface area contributed by atoms with Crippen molar-refractivity contribution in [2.45, 2.75) is 44.3 Å². The molecule has 11 heteroatoms. The Morgan fingerprint density at radius 3 is 2.47 bits per heavy atom. The summed E-state index contributed by atoms with van der Waals surface area (Å²) in [5.41, 5.74) is 3.35. The number of thioether (sulfide) groups is 1. The van der Waals surface area contributed by atoms with Crippen LogP contribution in [0.15, 0.2) is 84.0 Å². The summed E-state index contributed by atoms with van der Waals surface area (Å²) < 4.78 is 2.08. The molecule has 43 heavy (non-hydrogen) atoms. The molecular formula is C32H34N6O4S. The van der Waals surface area contributed by atoms with E-state index in [4.69, 9.17) is 0 Å². The first kappa shape index (κ1) is 30.0. The van der Waals surface area contributed by atoms with E-state index in [0.29, 0.717) is 26.1 Å². The molecular weight excluding hydrogens is 564 g/mol. The molecule has 1 unspecified atom stereocenters. The van der Waals surface area contributed by atoms with Crippen LogP contribution in [0.2, 0.25) is 0 Å². The van der Waals surface area contributed by atoms with Gasteiger partial charge in [-0.2, -0.15) is 0 Å². The van der Waals surface area contributed by atoms with Crippen molar-refractivity contribution in [1.29, 1.82) is 0 Å². The molecule has 0 spiro atoms. The maximum atomic E-state index is 13.0. The number of aryl methyl sites for hydroxylation is 1. The summed E-state index contributed by atoms with van der Waals surface area (Å²) in [6, 6.07) is 23.9. The van der Waals surface area contributed by atoms with Crippen LogP contribution in [0.3, 0.4) is 0 Å². The van der Waals surface area contributed by atoms with E-state index in [1.54, 1.807) is 22.7 Å². The van der Waals surface area contributed by atoms with E-state index in [2.05, 4.69) is 46.0 Å². The molecule has 0 saturated carbocycles. The summed E-state index contributed by atoms with van der Waals surface area (Å²) in [5, 5.41) is 20.9. The van der Waals surface area contributed by atoms with Gasteiger partial charge in [0.1, 0.15) is 0 Å². The number of nitrogens with zero attached hydrogens (tertiary/aromatic N) is 6. The minimum atomic E-state index is -0.508. The predicted molar refractivity (Wildman–Crippen MR) is 166 cm³/mol. The minimum absolute atomic E-state index is 0.0773. The highest BCUT2D eigenvalue weighted by atomic mass is 32.2. The molecule has 2 amide bonds. The second kappa shape index (κ2) is 13.6. The average molecular weight is 599 g/mol. The van der Waals surface area contributed by atoms with E-state index in [1.807, 2.05) is 42.2 Å². The Morgan fingerprint density at radius 2 is 1.74 bits per heavy atom. The van der Waals surface area contributed by atoms with Gasteiger partial charge in [0.05, 0.1) is 4.92 Å². The van der Waals surface area contributed by atoms with Gasteiger partial charge in [0.15, 0.2) is 11.0 Å². The van der Waals surface area contributed by atoms with Gasteiger partial charge in [-0.3, -0.25) is 24.3 Å². The van der Waals surface area contributed by atoms with E-state index >= 15 is 0 Å². The van der Waals surface area contributed by atoms with Crippen LogP contribution < -0.4 is 0 Å². The fraction of sp³-hybridized carbons (Fsp3) is 0.312. The molecule has 5 rings (SSSR count). The molecule has 222 valence electrons. The molecule has 0 N–H and O–H groups in total. The molecule has 1 atom stereocenters. The van der Waals surface area contributed by atoms with Crippen molar-refractivity contribution in [3.63, 3.8) is 0 Å². The average Bonchev–Trinajstić information content (AvgIpc) is 3.45. The van der Waals surface area contributed by atoms with Crippen molar-refractivity contribution >= 4 is 29.3 Å². The normalized spacial score (nSPS) is 15.0. The summed E-state index contributed by atoms with van der Waals surface area (Å²) in [6.45, 7) is 5.24. The second-order valence-electron chi connectivity index (χ2n) is 10.6. The van der Waals surface area contributed by atoms with Gasteiger partial charge in [-0.1, -0.05) is 65.9 Å². The number of non-ortho nitro benzene ring substituents is 1. The van der Waals surface area contributed by atoms with Crippen LogP contribution in [0.5, 0.6) is 0 Å². The summed E-state index contributed by atoms with van der Waals surface area (Å²) in [4.78, 5) is 40.1. The van der Waals surface area contributed by atoms with E-state index in [0.717, 1.165) is 40.8 Å². The maximum Gasteiger partial charge on any atom is 0.270 e. The Kier molecular flexibility index (Phi) is 9.51. The molecule has 1 aromatic heterocycles. The highest BCUT2D eigenvalue weighted by Gasteiger charge is 2.30. The van der Waals surface area contributed by atoms with Crippen LogP contribution in [0.1, 0.15) is 42.1 Å². The smallest absolute Gasteiger partial charge is 0.270 e. The first-order valence-electron chi connectivity index (χ1n) is 14.4. The first-order chi connectivity index (χ1) is 20.8. The number of rotatable bonds is 10. The van der Waals surface area contributed by atoms with Crippen molar-refractivity contribution in [2.24, 2.45) is 0 Å². The van der Waals surface area contributed by atoms with Crippen molar-refractivity contribution < 1.29 is 14.5 Å². The third-order valence-corrected chi connectivity index (χ3v) is 8.53. The molecule has 0 aliphatic carbocycles. The lowest BCUT2D eigenvalue weighted by Gasteiger charge is -2.40. The SMILES string of the molecule is Cc1ccc(-n2c(SCCCCC(=O)N3CCN(C(=O)c4cccc([N+](=O)[O-])c4)C(C)C3)nnc2-c2ccccc2)cc1. The van der Waals surface area contributed by atoms with Gasteiger partial charge in [0.25, 0.3) is 11.6 Å². The zero-order chi connectivity index (χ0) is 30.3. The third kappa shape index (κ3) is 7.11. The van der Waals surface area contributed by atoms with E-state index < -0.39 is 4.92 Å². The second-order valence-corrected chi connectivity index (χ2v) is 11.7.